The molecule has 0 radical (unpaired) electrons. The van der Waals surface area contributed by atoms with E-state index < -0.39 is 17.9 Å². The summed E-state index contributed by atoms with van der Waals surface area (Å²) in [6, 6.07) is 8.27. The number of aliphatic carboxylic acids is 1. The van der Waals surface area contributed by atoms with Crippen molar-refractivity contribution in [2.75, 3.05) is 13.2 Å². The van der Waals surface area contributed by atoms with Crippen molar-refractivity contribution in [3.05, 3.63) is 35.9 Å². The van der Waals surface area contributed by atoms with Gasteiger partial charge in [0.25, 0.3) is 0 Å². The summed E-state index contributed by atoms with van der Waals surface area (Å²) < 4.78 is 5.16. The largest absolute Gasteiger partial charge is 0.480 e. The van der Waals surface area contributed by atoms with Crippen molar-refractivity contribution in [2.45, 2.75) is 32.2 Å². The second-order valence-corrected chi connectivity index (χ2v) is 4.55. The number of hydrogen-bond donors (Lipinski definition) is 2. The third-order valence-electron chi connectivity index (χ3n) is 2.79. The second-order valence-electron chi connectivity index (χ2n) is 4.55. The van der Waals surface area contributed by atoms with E-state index in [2.05, 4.69) is 5.32 Å². The summed E-state index contributed by atoms with van der Waals surface area (Å²) >= 11 is 0. The van der Waals surface area contributed by atoms with Gasteiger partial charge in [0.15, 0.2) is 0 Å². The molecule has 0 heterocycles. The highest BCUT2D eigenvalue weighted by Gasteiger charge is 2.20. The Labute approximate surface area is 118 Å². The Kier molecular flexibility index (Phi) is 7.35. The third-order valence-corrected chi connectivity index (χ3v) is 2.79. The summed E-state index contributed by atoms with van der Waals surface area (Å²) in [5, 5.41) is 11.6. The molecular formula is C15H21NO4. The highest BCUT2D eigenvalue weighted by molar-refractivity contribution is 5.84. The molecule has 0 bridgehead atoms. The lowest BCUT2D eigenvalue weighted by Gasteiger charge is -2.14. The van der Waals surface area contributed by atoms with E-state index in [1.165, 1.54) is 0 Å². The van der Waals surface area contributed by atoms with Gasteiger partial charge in [-0.15, -0.1) is 0 Å². The van der Waals surface area contributed by atoms with Crippen LogP contribution < -0.4 is 5.32 Å². The van der Waals surface area contributed by atoms with Crippen molar-refractivity contribution >= 4 is 11.9 Å². The summed E-state index contributed by atoms with van der Waals surface area (Å²) in [7, 11) is 0. The molecule has 2 N–H and O–H groups in total. The van der Waals surface area contributed by atoms with Gasteiger partial charge in [0.05, 0.1) is 0 Å². The van der Waals surface area contributed by atoms with E-state index in [1.807, 2.05) is 37.3 Å². The molecule has 0 saturated carbocycles. The first-order valence-electron chi connectivity index (χ1n) is 6.77. The minimum absolute atomic E-state index is 0.0986. The van der Waals surface area contributed by atoms with Gasteiger partial charge in [0, 0.05) is 13.0 Å². The maximum atomic E-state index is 11.6. The Balaban J connectivity index is 2.43. The van der Waals surface area contributed by atoms with Crippen molar-refractivity contribution in [2.24, 2.45) is 0 Å². The monoisotopic (exact) mass is 279 g/mol. The van der Waals surface area contributed by atoms with E-state index in [4.69, 9.17) is 9.84 Å². The number of amides is 1. The summed E-state index contributed by atoms with van der Waals surface area (Å²) in [4.78, 5) is 22.8. The number of carboxylic acid groups (broad SMARTS) is 1. The Bertz CT molecular complexity index is 419. The molecule has 1 amide bonds. The number of hydrogen-bond acceptors (Lipinski definition) is 3. The van der Waals surface area contributed by atoms with Gasteiger partial charge in [-0.1, -0.05) is 43.7 Å². The summed E-state index contributed by atoms with van der Waals surface area (Å²) in [5.74, 6) is -1.44. The van der Waals surface area contributed by atoms with Gasteiger partial charge in [-0.25, -0.2) is 4.79 Å². The third kappa shape index (κ3) is 6.33. The maximum absolute atomic E-state index is 11.6. The predicted octanol–water partition coefficient (Wildman–Crippen LogP) is 1.62. The van der Waals surface area contributed by atoms with E-state index >= 15 is 0 Å². The van der Waals surface area contributed by atoms with Crippen LogP contribution in [0.4, 0.5) is 0 Å². The number of unbranched alkanes of at least 4 members (excludes halogenated alkanes) is 1. The number of carbonyl (C=O) groups is 2. The molecule has 0 fully saturated rings. The number of carbonyl (C=O) groups excluding carboxylic acids is 1. The molecule has 1 rings (SSSR count). The lowest BCUT2D eigenvalue weighted by atomic mass is 10.1. The van der Waals surface area contributed by atoms with Crippen LogP contribution in [0.2, 0.25) is 0 Å². The minimum Gasteiger partial charge on any atom is -0.480 e. The highest BCUT2D eigenvalue weighted by Crippen LogP contribution is 2.03. The zero-order valence-corrected chi connectivity index (χ0v) is 11.7. The summed E-state index contributed by atoms with van der Waals surface area (Å²) in [6.45, 7) is 2.45. The topological polar surface area (TPSA) is 75.6 Å². The lowest BCUT2D eigenvalue weighted by Crippen LogP contribution is -2.43. The first-order valence-corrected chi connectivity index (χ1v) is 6.77. The molecule has 5 nitrogen and oxygen atoms in total. The fourth-order valence-electron chi connectivity index (χ4n) is 1.70. The van der Waals surface area contributed by atoms with E-state index in [1.54, 1.807) is 0 Å². The quantitative estimate of drug-likeness (QED) is 0.673. The predicted molar refractivity (Wildman–Crippen MR) is 75.4 cm³/mol. The van der Waals surface area contributed by atoms with Crippen LogP contribution in [-0.4, -0.2) is 36.2 Å². The van der Waals surface area contributed by atoms with E-state index in [0.29, 0.717) is 6.61 Å². The number of ether oxygens (including phenoxy) is 1. The Morgan fingerprint density at radius 1 is 1.30 bits per heavy atom. The van der Waals surface area contributed by atoms with Crippen molar-refractivity contribution in [1.29, 1.82) is 0 Å². The van der Waals surface area contributed by atoms with Crippen molar-refractivity contribution in [3.8, 4) is 0 Å². The van der Waals surface area contributed by atoms with Crippen LogP contribution in [0.5, 0.6) is 0 Å². The first-order chi connectivity index (χ1) is 9.63. The van der Waals surface area contributed by atoms with Gasteiger partial charge in [-0.3, -0.25) is 4.79 Å². The van der Waals surface area contributed by atoms with Crippen LogP contribution in [0.1, 0.15) is 25.3 Å². The molecular weight excluding hydrogens is 258 g/mol. The molecule has 1 aromatic carbocycles. The van der Waals surface area contributed by atoms with Gasteiger partial charge >= 0.3 is 5.97 Å². The van der Waals surface area contributed by atoms with Crippen molar-refractivity contribution in [1.82, 2.24) is 5.32 Å². The fraction of sp³-hybridized carbons (Fsp3) is 0.467. The van der Waals surface area contributed by atoms with Crippen LogP contribution in [0, 0.1) is 0 Å². The molecule has 0 aromatic heterocycles. The minimum atomic E-state index is -1.05. The van der Waals surface area contributed by atoms with Gasteiger partial charge in [0.1, 0.15) is 12.6 Å². The van der Waals surface area contributed by atoms with Gasteiger partial charge in [0.2, 0.25) is 5.91 Å². The number of nitrogens with one attached hydrogen (secondary N) is 1. The second kappa shape index (κ2) is 9.09. The number of rotatable bonds is 9. The summed E-state index contributed by atoms with van der Waals surface area (Å²) in [5.41, 5.74) is 0.868. The van der Waals surface area contributed by atoms with E-state index in [-0.39, 0.29) is 13.0 Å². The molecule has 1 aromatic rings. The standard InChI is InChI=1S/C15H21NO4/c1-2-3-9-20-11-14(17)16-13(15(18)19)10-12-7-5-4-6-8-12/h4-8,13H,2-3,9-11H2,1H3,(H,16,17)(H,18,19)/t13-/m0/s1. The van der Waals surface area contributed by atoms with Crippen LogP contribution >= 0.6 is 0 Å². The molecule has 20 heavy (non-hydrogen) atoms. The first kappa shape index (κ1) is 16.2. The SMILES string of the molecule is CCCCOCC(=O)N[C@@H](Cc1ccccc1)C(=O)O. The van der Waals surface area contributed by atoms with Crippen molar-refractivity contribution < 1.29 is 19.4 Å². The Morgan fingerprint density at radius 3 is 2.60 bits per heavy atom. The van der Waals surface area contributed by atoms with Crippen LogP contribution in [0.15, 0.2) is 30.3 Å². The molecule has 1 atom stereocenters. The number of carboxylic acids is 1. The van der Waals surface area contributed by atoms with Gasteiger partial charge in [-0.2, -0.15) is 0 Å². The Hall–Kier alpha value is -1.88. The Morgan fingerprint density at radius 2 is 2.00 bits per heavy atom. The average molecular weight is 279 g/mol. The maximum Gasteiger partial charge on any atom is 0.326 e. The van der Waals surface area contributed by atoms with E-state index in [9.17, 15) is 9.59 Å². The van der Waals surface area contributed by atoms with Gasteiger partial charge < -0.3 is 15.2 Å². The number of benzene rings is 1. The van der Waals surface area contributed by atoms with Crippen LogP contribution in [0.25, 0.3) is 0 Å². The highest BCUT2D eigenvalue weighted by atomic mass is 16.5. The molecule has 5 heteroatoms. The molecule has 0 saturated heterocycles. The zero-order chi connectivity index (χ0) is 14.8. The molecule has 110 valence electrons. The van der Waals surface area contributed by atoms with Gasteiger partial charge in [-0.05, 0) is 12.0 Å². The smallest absolute Gasteiger partial charge is 0.326 e. The van der Waals surface area contributed by atoms with Crippen molar-refractivity contribution in [3.63, 3.8) is 0 Å². The molecule has 0 unspecified atom stereocenters. The fourth-order valence-corrected chi connectivity index (χ4v) is 1.70. The lowest BCUT2D eigenvalue weighted by molar-refractivity contribution is -0.142. The van der Waals surface area contributed by atoms with Crippen LogP contribution in [-0.2, 0) is 20.7 Å². The normalized spacial score (nSPS) is 11.8. The molecule has 0 aliphatic heterocycles. The molecule has 0 spiro atoms. The van der Waals surface area contributed by atoms with Crippen LogP contribution in [0.3, 0.4) is 0 Å². The van der Waals surface area contributed by atoms with E-state index in [0.717, 1.165) is 18.4 Å². The zero-order valence-electron chi connectivity index (χ0n) is 11.7. The average Bonchev–Trinajstić information content (AvgIpc) is 2.44. The molecule has 0 aliphatic rings. The summed E-state index contributed by atoms with van der Waals surface area (Å²) in [6.07, 6.45) is 2.14. The molecule has 0 aliphatic carbocycles.